The molecule has 2 aliphatic heterocycles. The lowest BCUT2D eigenvalue weighted by Crippen LogP contribution is -2.42. The van der Waals surface area contributed by atoms with Crippen molar-refractivity contribution in [1.29, 1.82) is 0 Å². The van der Waals surface area contributed by atoms with Crippen LogP contribution in [0.2, 0.25) is 0 Å². The smallest absolute Gasteiger partial charge is 0.281 e. The summed E-state index contributed by atoms with van der Waals surface area (Å²) in [4.78, 5) is 27.3. The number of nitrogens with zero attached hydrogens (tertiary/aromatic N) is 4. The van der Waals surface area contributed by atoms with E-state index in [0.717, 1.165) is 37.3 Å². The number of likely N-dealkylation sites (N-methyl/N-ethyl adjacent to an activating group) is 1. The summed E-state index contributed by atoms with van der Waals surface area (Å²) in [6.07, 6.45) is 5.21. The Kier molecular flexibility index (Phi) is 7.35. The minimum atomic E-state index is -4.25. The highest BCUT2D eigenvalue weighted by Crippen LogP contribution is 2.41. The lowest BCUT2D eigenvalue weighted by molar-refractivity contribution is 0.0981. The third-order valence-corrected chi connectivity index (χ3v) is 8.49. The van der Waals surface area contributed by atoms with Crippen LogP contribution in [0.5, 0.6) is 0 Å². The fourth-order valence-electron chi connectivity index (χ4n) is 5.62. The SMILES string of the molecule is CC1CN(c2nc(C(C)(C)C)c(C3C=CCN(C)C3)cc2C(=O)NS(=O)(=O)c2cccc(N)n2)C(C)(C)C1. The van der Waals surface area contributed by atoms with Crippen LogP contribution in [-0.2, 0) is 15.4 Å². The van der Waals surface area contributed by atoms with Crippen LogP contribution in [0.15, 0.2) is 41.4 Å². The van der Waals surface area contributed by atoms with E-state index in [1.165, 1.54) is 18.2 Å². The van der Waals surface area contributed by atoms with E-state index >= 15 is 0 Å². The topological polar surface area (TPSA) is 122 Å². The van der Waals surface area contributed by atoms with Crippen LogP contribution in [0, 0.1) is 5.92 Å². The summed E-state index contributed by atoms with van der Waals surface area (Å²) in [5.41, 5.74) is 7.23. The zero-order valence-electron chi connectivity index (χ0n) is 23.4. The quantitative estimate of drug-likeness (QED) is 0.551. The molecule has 0 aliphatic carbocycles. The van der Waals surface area contributed by atoms with Gasteiger partial charge in [0.05, 0.1) is 11.3 Å². The fourth-order valence-corrected chi connectivity index (χ4v) is 6.56. The van der Waals surface area contributed by atoms with Crippen LogP contribution < -0.4 is 15.4 Å². The Morgan fingerprint density at radius 1 is 1.18 bits per heavy atom. The van der Waals surface area contributed by atoms with Crippen molar-refractivity contribution in [3.63, 3.8) is 0 Å². The Morgan fingerprint density at radius 3 is 2.47 bits per heavy atom. The minimum absolute atomic E-state index is 0.0220. The Labute approximate surface area is 226 Å². The molecular weight excluding hydrogens is 500 g/mol. The molecule has 2 aliphatic rings. The predicted octanol–water partition coefficient (Wildman–Crippen LogP) is 3.69. The van der Waals surface area contributed by atoms with E-state index in [0.29, 0.717) is 11.7 Å². The molecule has 4 heterocycles. The third kappa shape index (κ3) is 5.71. The van der Waals surface area contributed by atoms with Crippen molar-refractivity contribution in [1.82, 2.24) is 19.6 Å². The average molecular weight is 541 g/mol. The molecule has 0 saturated carbocycles. The highest BCUT2D eigenvalue weighted by molar-refractivity contribution is 7.90. The second kappa shape index (κ2) is 9.96. The van der Waals surface area contributed by atoms with Crippen molar-refractivity contribution < 1.29 is 13.2 Å². The van der Waals surface area contributed by atoms with E-state index in [9.17, 15) is 13.2 Å². The summed E-state index contributed by atoms with van der Waals surface area (Å²) in [7, 11) is -2.20. The zero-order chi connectivity index (χ0) is 28.0. The molecule has 3 N–H and O–H groups in total. The maximum absolute atomic E-state index is 13.8. The molecular formula is C28H40N6O3S. The number of pyridine rings is 2. The van der Waals surface area contributed by atoms with Gasteiger partial charge in [0.25, 0.3) is 15.9 Å². The molecule has 206 valence electrons. The summed E-state index contributed by atoms with van der Waals surface area (Å²) >= 11 is 0. The number of nitrogens with two attached hydrogens (primary N) is 1. The van der Waals surface area contributed by atoms with E-state index in [-0.39, 0.29) is 33.3 Å². The van der Waals surface area contributed by atoms with Gasteiger partial charge in [-0.25, -0.2) is 14.7 Å². The van der Waals surface area contributed by atoms with E-state index in [4.69, 9.17) is 10.7 Å². The molecule has 38 heavy (non-hydrogen) atoms. The van der Waals surface area contributed by atoms with Gasteiger partial charge >= 0.3 is 0 Å². The van der Waals surface area contributed by atoms with Gasteiger partial charge in [-0.05, 0) is 57.0 Å². The number of aromatic nitrogens is 2. The van der Waals surface area contributed by atoms with Gasteiger partial charge in [0.15, 0.2) is 5.03 Å². The summed E-state index contributed by atoms with van der Waals surface area (Å²) in [6, 6.07) is 6.15. The summed E-state index contributed by atoms with van der Waals surface area (Å²) in [5, 5.41) is -0.307. The van der Waals surface area contributed by atoms with Crippen molar-refractivity contribution in [3.05, 3.63) is 53.2 Å². The molecule has 4 rings (SSSR count). The number of amides is 1. The molecule has 0 radical (unpaired) electrons. The zero-order valence-corrected chi connectivity index (χ0v) is 24.3. The molecule has 0 bridgehead atoms. The van der Waals surface area contributed by atoms with Crippen molar-refractivity contribution in [2.75, 3.05) is 37.3 Å². The van der Waals surface area contributed by atoms with Gasteiger partial charge in [0, 0.05) is 36.5 Å². The number of sulfonamides is 1. The first-order valence-corrected chi connectivity index (χ1v) is 14.5. The second-order valence-electron chi connectivity index (χ2n) is 12.4. The molecule has 9 nitrogen and oxygen atoms in total. The van der Waals surface area contributed by atoms with Crippen molar-refractivity contribution in [2.24, 2.45) is 5.92 Å². The average Bonchev–Trinajstić information content (AvgIpc) is 3.08. The first-order chi connectivity index (χ1) is 17.6. The Balaban J connectivity index is 1.89. The van der Waals surface area contributed by atoms with Gasteiger partial charge in [-0.15, -0.1) is 0 Å². The van der Waals surface area contributed by atoms with Crippen LogP contribution in [0.3, 0.4) is 0 Å². The highest BCUT2D eigenvalue weighted by atomic mass is 32.2. The van der Waals surface area contributed by atoms with E-state index in [2.05, 4.69) is 80.2 Å². The number of nitrogens with one attached hydrogen (secondary N) is 1. The number of rotatable bonds is 5. The lowest BCUT2D eigenvalue weighted by atomic mass is 9.82. The summed E-state index contributed by atoms with van der Waals surface area (Å²) in [5.74, 6) is 0.251. The van der Waals surface area contributed by atoms with Gasteiger partial charge in [-0.3, -0.25) is 4.79 Å². The van der Waals surface area contributed by atoms with Gasteiger partial charge in [-0.2, -0.15) is 8.42 Å². The second-order valence-corrected chi connectivity index (χ2v) is 14.0. The van der Waals surface area contributed by atoms with Crippen LogP contribution in [0.4, 0.5) is 11.6 Å². The standard InChI is InChI=1S/C28H40N6O3S/c1-18-15-28(5,6)34(16-18)25-21(26(35)32-38(36,37)23-12-8-11-22(29)30-23)14-20(24(31-25)27(2,3)4)19-10-9-13-33(7)17-19/h8-12,14,18-19H,13,15-17H2,1-7H3,(H2,29,30)(H,32,35). The van der Waals surface area contributed by atoms with Crippen molar-refractivity contribution in [2.45, 2.75) is 69.9 Å². The molecule has 0 spiro atoms. The van der Waals surface area contributed by atoms with Crippen LogP contribution >= 0.6 is 0 Å². The Bertz CT molecular complexity index is 1360. The molecule has 2 unspecified atom stereocenters. The number of hydrogen-bond acceptors (Lipinski definition) is 8. The predicted molar refractivity (Wildman–Crippen MR) is 151 cm³/mol. The van der Waals surface area contributed by atoms with Gasteiger partial charge in [-0.1, -0.05) is 45.9 Å². The monoisotopic (exact) mass is 540 g/mol. The molecule has 1 saturated heterocycles. The maximum atomic E-state index is 13.8. The highest BCUT2D eigenvalue weighted by Gasteiger charge is 2.40. The Morgan fingerprint density at radius 2 is 1.89 bits per heavy atom. The van der Waals surface area contributed by atoms with E-state index in [1.807, 2.05) is 6.07 Å². The molecule has 0 aromatic carbocycles. The largest absolute Gasteiger partial charge is 0.384 e. The number of carbonyl (C=O) groups excluding carboxylic acids is 1. The number of anilines is 2. The molecule has 1 amide bonds. The minimum Gasteiger partial charge on any atom is -0.384 e. The molecule has 2 atom stereocenters. The van der Waals surface area contributed by atoms with Crippen LogP contribution in [0.1, 0.15) is 75.5 Å². The number of nitrogen functional groups attached to an aromatic ring is 1. The molecule has 2 aromatic rings. The Hall–Kier alpha value is -2.98. The van der Waals surface area contributed by atoms with E-state index < -0.39 is 15.9 Å². The molecule has 1 fully saturated rings. The molecule has 10 heteroatoms. The normalized spacial score (nSPS) is 22.0. The summed E-state index contributed by atoms with van der Waals surface area (Å²) in [6.45, 7) is 15.2. The maximum Gasteiger partial charge on any atom is 0.281 e. The summed E-state index contributed by atoms with van der Waals surface area (Å²) < 4.78 is 28.5. The van der Waals surface area contributed by atoms with Crippen molar-refractivity contribution >= 4 is 27.6 Å². The number of hydrogen-bond donors (Lipinski definition) is 2. The first kappa shape index (κ1) is 28.0. The van der Waals surface area contributed by atoms with Gasteiger partial charge in [0.2, 0.25) is 0 Å². The first-order valence-electron chi connectivity index (χ1n) is 13.1. The fraction of sp³-hybridized carbons (Fsp3) is 0.536. The van der Waals surface area contributed by atoms with Gasteiger partial charge in [0.1, 0.15) is 11.6 Å². The lowest BCUT2D eigenvalue weighted by Gasteiger charge is -2.36. The van der Waals surface area contributed by atoms with Crippen LogP contribution in [0.25, 0.3) is 0 Å². The van der Waals surface area contributed by atoms with Crippen molar-refractivity contribution in [3.8, 4) is 0 Å². The van der Waals surface area contributed by atoms with E-state index in [1.54, 1.807) is 0 Å². The third-order valence-electron chi connectivity index (χ3n) is 7.26. The number of carbonyl (C=O) groups is 1. The van der Waals surface area contributed by atoms with Crippen LogP contribution in [-0.4, -0.2) is 61.4 Å². The molecule has 2 aromatic heterocycles. The van der Waals surface area contributed by atoms with Gasteiger partial charge < -0.3 is 15.5 Å².